The van der Waals surface area contributed by atoms with Crippen molar-refractivity contribution in [3.8, 4) is 0 Å². The number of nitrogens with one attached hydrogen (secondary N) is 1. The van der Waals surface area contributed by atoms with Crippen molar-refractivity contribution < 1.29 is 19.4 Å². The third-order valence-electron chi connectivity index (χ3n) is 9.78. The zero-order chi connectivity index (χ0) is 26.2. The molecule has 0 radical (unpaired) electrons. The minimum absolute atomic E-state index is 0.0148. The third-order valence-corrected chi connectivity index (χ3v) is 11.7. The van der Waals surface area contributed by atoms with Crippen molar-refractivity contribution in [3.05, 3.63) is 35.4 Å². The number of nitrogens with zero attached hydrogens (tertiary/aromatic N) is 2. The van der Waals surface area contributed by atoms with Crippen LogP contribution in [0.3, 0.4) is 0 Å². The van der Waals surface area contributed by atoms with Crippen LogP contribution in [-0.4, -0.2) is 82.5 Å². The predicted molar refractivity (Wildman–Crippen MR) is 149 cm³/mol. The van der Waals surface area contributed by atoms with E-state index in [0.717, 1.165) is 5.92 Å². The molecule has 208 valence electrons. The molecule has 5 aliphatic rings. The highest BCUT2D eigenvalue weighted by molar-refractivity contribution is 8.01. The van der Waals surface area contributed by atoms with E-state index in [2.05, 4.69) is 29.2 Å². The topological polar surface area (TPSA) is 82.1 Å². The standard InChI is InChI=1S/C30H43N3O4S/c34-27(32-16-18-33(19-17-32)28(35)29(36)20-37-21-29)23-13-11-22(12-14-23)26-31-25-10-6-7-15-30(25,38-26)24-8-4-2-1-3-5-9-24/h11-14,24-26,31,36H,1-10,15-21H2. The number of hydrogen-bond donors (Lipinski definition) is 2. The minimum Gasteiger partial charge on any atom is -0.376 e. The summed E-state index contributed by atoms with van der Waals surface area (Å²) < 4.78 is 5.38. The molecule has 0 aromatic heterocycles. The van der Waals surface area contributed by atoms with Crippen LogP contribution in [0.15, 0.2) is 24.3 Å². The van der Waals surface area contributed by atoms with Crippen molar-refractivity contribution in [2.45, 2.75) is 92.4 Å². The summed E-state index contributed by atoms with van der Waals surface area (Å²) >= 11 is 2.20. The molecule has 6 rings (SSSR count). The van der Waals surface area contributed by atoms with Gasteiger partial charge in [0, 0.05) is 42.5 Å². The lowest BCUT2D eigenvalue weighted by Crippen LogP contribution is -2.64. The van der Waals surface area contributed by atoms with Crippen molar-refractivity contribution in [2.75, 3.05) is 39.4 Å². The van der Waals surface area contributed by atoms with Gasteiger partial charge in [0.25, 0.3) is 11.8 Å². The van der Waals surface area contributed by atoms with E-state index in [1.165, 1.54) is 76.2 Å². The smallest absolute Gasteiger partial charge is 0.259 e. The highest BCUT2D eigenvalue weighted by Crippen LogP contribution is 2.58. The number of amides is 2. The molecule has 5 fully saturated rings. The number of ether oxygens (including phenoxy) is 1. The Bertz CT molecular complexity index is 999. The molecule has 3 atom stereocenters. The highest BCUT2D eigenvalue weighted by Gasteiger charge is 2.53. The number of fused-ring (bicyclic) bond motifs is 1. The Morgan fingerprint density at radius 1 is 0.868 bits per heavy atom. The second kappa shape index (κ2) is 11.1. The fraction of sp³-hybridized carbons (Fsp3) is 0.733. The van der Waals surface area contributed by atoms with E-state index in [-0.39, 0.29) is 25.0 Å². The first-order valence-electron chi connectivity index (χ1n) is 14.9. The van der Waals surface area contributed by atoms with Crippen molar-refractivity contribution >= 4 is 23.6 Å². The Morgan fingerprint density at radius 3 is 2.16 bits per heavy atom. The summed E-state index contributed by atoms with van der Waals surface area (Å²) in [5, 5.41) is 14.6. The Labute approximate surface area is 231 Å². The Morgan fingerprint density at radius 2 is 1.50 bits per heavy atom. The number of thioether (sulfide) groups is 1. The summed E-state index contributed by atoms with van der Waals surface area (Å²) in [5.74, 6) is 0.556. The fourth-order valence-electron chi connectivity index (χ4n) is 7.47. The summed E-state index contributed by atoms with van der Waals surface area (Å²) in [4.78, 5) is 29.3. The van der Waals surface area contributed by atoms with E-state index in [1.54, 1.807) is 4.90 Å². The van der Waals surface area contributed by atoms with Gasteiger partial charge in [0.05, 0.1) is 18.6 Å². The number of benzene rings is 1. The van der Waals surface area contributed by atoms with Crippen LogP contribution in [0.1, 0.15) is 91.9 Å². The highest BCUT2D eigenvalue weighted by atomic mass is 32.2. The first-order chi connectivity index (χ1) is 18.5. The maximum absolute atomic E-state index is 13.2. The van der Waals surface area contributed by atoms with Crippen LogP contribution in [0, 0.1) is 5.92 Å². The normalized spacial score (nSPS) is 32.1. The Balaban J connectivity index is 1.09. The van der Waals surface area contributed by atoms with E-state index in [4.69, 9.17) is 4.74 Å². The molecule has 1 aromatic carbocycles. The largest absolute Gasteiger partial charge is 0.376 e. The molecule has 3 saturated heterocycles. The van der Waals surface area contributed by atoms with E-state index < -0.39 is 5.60 Å². The average Bonchev–Trinajstić information content (AvgIpc) is 3.31. The SMILES string of the molecule is O=C(c1ccc(C2NC3CCCCC3(C3CCCCCCC3)S2)cc1)N1CCN(C(=O)C2(O)COC2)CC1. The molecular formula is C30H43N3O4S. The van der Waals surface area contributed by atoms with Gasteiger partial charge in [0.1, 0.15) is 0 Å². The summed E-state index contributed by atoms with van der Waals surface area (Å²) in [6, 6.07) is 8.85. The predicted octanol–water partition coefficient (Wildman–Crippen LogP) is 4.11. The molecule has 2 aliphatic carbocycles. The van der Waals surface area contributed by atoms with E-state index in [9.17, 15) is 14.7 Å². The minimum atomic E-state index is -1.38. The second-order valence-corrected chi connectivity index (χ2v) is 13.7. The van der Waals surface area contributed by atoms with Gasteiger partial charge in [-0.2, -0.15) is 0 Å². The van der Waals surface area contributed by atoms with Crippen molar-refractivity contribution in [2.24, 2.45) is 5.92 Å². The number of hydrogen-bond acceptors (Lipinski definition) is 6. The van der Waals surface area contributed by atoms with Gasteiger partial charge >= 0.3 is 0 Å². The molecule has 2 saturated carbocycles. The van der Waals surface area contributed by atoms with Gasteiger partial charge in [0.15, 0.2) is 5.60 Å². The van der Waals surface area contributed by atoms with Gasteiger partial charge in [-0.1, -0.05) is 57.1 Å². The van der Waals surface area contributed by atoms with Crippen LogP contribution in [0.25, 0.3) is 0 Å². The molecule has 3 aliphatic heterocycles. The van der Waals surface area contributed by atoms with Gasteiger partial charge < -0.3 is 19.6 Å². The fourth-order valence-corrected chi connectivity index (χ4v) is 9.48. The number of aliphatic hydroxyl groups is 1. The molecule has 3 heterocycles. The van der Waals surface area contributed by atoms with Crippen molar-refractivity contribution in [1.29, 1.82) is 0 Å². The molecule has 7 nitrogen and oxygen atoms in total. The monoisotopic (exact) mass is 541 g/mol. The van der Waals surface area contributed by atoms with Gasteiger partial charge in [-0.05, 0) is 49.3 Å². The lowest BCUT2D eigenvalue weighted by atomic mass is 9.71. The molecule has 38 heavy (non-hydrogen) atoms. The quantitative estimate of drug-likeness (QED) is 0.597. The summed E-state index contributed by atoms with van der Waals surface area (Å²) in [5.41, 5.74) is 0.604. The van der Waals surface area contributed by atoms with Crippen LogP contribution >= 0.6 is 11.8 Å². The second-order valence-electron chi connectivity index (χ2n) is 12.2. The Hall–Kier alpha value is -1.61. The molecule has 2 amide bonds. The van der Waals surface area contributed by atoms with Gasteiger partial charge in [0.2, 0.25) is 0 Å². The molecular weight excluding hydrogens is 498 g/mol. The summed E-state index contributed by atoms with van der Waals surface area (Å²) in [7, 11) is 0. The first-order valence-corrected chi connectivity index (χ1v) is 15.8. The number of carbonyl (C=O) groups excluding carboxylic acids is 2. The maximum atomic E-state index is 13.2. The van der Waals surface area contributed by atoms with Crippen LogP contribution < -0.4 is 5.32 Å². The van der Waals surface area contributed by atoms with Gasteiger partial charge in [-0.15, -0.1) is 11.8 Å². The van der Waals surface area contributed by atoms with Gasteiger partial charge in [-0.25, -0.2) is 0 Å². The van der Waals surface area contributed by atoms with E-state index in [1.807, 2.05) is 17.0 Å². The summed E-state index contributed by atoms with van der Waals surface area (Å²) in [6.07, 6.45) is 15.1. The molecule has 8 heteroatoms. The zero-order valence-electron chi connectivity index (χ0n) is 22.5. The third kappa shape index (κ3) is 5.02. The van der Waals surface area contributed by atoms with Crippen LogP contribution in [-0.2, 0) is 9.53 Å². The average molecular weight is 542 g/mol. The molecule has 1 aromatic rings. The van der Waals surface area contributed by atoms with Crippen molar-refractivity contribution in [1.82, 2.24) is 15.1 Å². The first kappa shape index (κ1) is 26.6. The lowest BCUT2D eigenvalue weighted by Gasteiger charge is -2.45. The number of piperazine rings is 1. The van der Waals surface area contributed by atoms with E-state index >= 15 is 0 Å². The van der Waals surface area contributed by atoms with Crippen LogP contribution in [0.4, 0.5) is 0 Å². The number of carbonyl (C=O) groups is 2. The van der Waals surface area contributed by atoms with Crippen LogP contribution in [0.2, 0.25) is 0 Å². The molecule has 2 N–H and O–H groups in total. The van der Waals surface area contributed by atoms with Gasteiger partial charge in [-0.3, -0.25) is 14.9 Å². The van der Waals surface area contributed by atoms with E-state index in [0.29, 0.717) is 47.9 Å². The zero-order valence-corrected chi connectivity index (χ0v) is 23.4. The maximum Gasteiger partial charge on any atom is 0.259 e. The Kier molecular flexibility index (Phi) is 7.78. The summed E-state index contributed by atoms with van der Waals surface area (Å²) in [6.45, 7) is 1.97. The van der Waals surface area contributed by atoms with Crippen LogP contribution in [0.5, 0.6) is 0 Å². The molecule has 0 bridgehead atoms. The van der Waals surface area contributed by atoms with Crippen molar-refractivity contribution in [3.63, 3.8) is 0 Å². The molecule has 3 unspecified atom stereocenters. The molecule has 0 spiro atoms. The lowest BCUT2D eigenvalue weighted by molar-refractivity contribution is -0.201. The number of rotatable bonds is 4.